The predicted molar refractivity (Wildman–Crippen MR) is 285 cm³/mol. The number of methoxy groups -OCH3 is 1. The first-order chi connectivity index (χ1) is 34.1. The lowest BCUT2D eigenvalue weighted by atomic mass is 10.2. The van der Waals surface area contributed by atoms with Crippen molar-refractivity contribution in [3.05, 3.63) is 146 Å². The summed E-state index contributed by atoms with van der Waals surface area (Å²) in [7, 11) is 1.52. The van der Waals surface area contributed by atoms with Gasteiger partial charge in [-0.3, -0.25) is 4.99 Å². The minimum atomic E-state index is -0.542. The molecule has 0 bridgehead atoms. The van der Waals surface area contributed by atoms with E-state index in [0.717, 1.165) is 66.5 Å². The van der Waals surface area contributed by atoms with Gasteiger partial charge in [0.25, 0.3) is 0 Å². The molecule has 0 aliphatic heterocycles. The van der Waals surface area contributed by atoms with Gasteiger partial charge in [-0.1, -0.05) is 99.9 Å². The Morgan fingerprint density at radius 1 is 0.514 bits per heavy atom. The quantitative estimate of drug-likeness (QED) is 0.00994. The highest BCUT2D eigenvalue weighted by atomic mass is 16.5. The van der Waals surface area contributed by atoms with E-state index in [0.29, 0.717) is 75.4 Å². The second-order valence-electron chi connectivity index (χ2n) is 12.8. The van der Waals surface area contributed by atoms with E-state index in [1.54, 1.807) is 42.6 Å². The normalized spacial score (nSPS) is 9.83. The van der Waals surface area contributed by atoms with Gasteiger partial charge < -0.3 is 37.9 Å². The number of nitrogens with zero attached hydrogens (tertiary/aromatic N) is 1. The molecule has 0 saturated carbocycles. The van der Waals surface area contributed by atoms with Crippen LogP contribution in [-0.4, -0.2) is 76.8 Å². The zero-order valence-corrected chi connectivity index (χ0v) is 43.6. The third-order valence-corrected chi connectivity index (χ3v) is 7.96. The maximum absolute atomic E-state index is 12.4. The Morgan fingerprint density at radius 2 is 0.914 bits per heavy atom. The highest BCUT2D eigenvalue weighted by Crippen LogP contribution is 2.32. The van der Waals surface area contributed by atoms with Crippen LogP contribution in [0, 0.1) is 0 Å². The van der Waals surface area contributed by atoms with E-state index in [4.69, 9.17) is 37.9 Å². The number of rotatable bonds is 28. The van der Waals surface area contributed by atoms with Crippen LogP contribution in [0.25, 0.3) is 6.08 Å². The summed E-state index contributed by atoms with van der Waals surface area (Å²) in [6, 6.07) is 19.7. The minimum Gasteiger partial charge on any atom is -0.498 e. The van der Waals surface area contributed by atoms with Gasteiger partial charge in [-0.15, -0.1) is 0 Å². The molecule has 0 amide bonds. The van der Waals surface area contributed by atoms with Gasteiger partial charge in [0.15, 0.2) is 0 Å². The van der Waals surface area contributed by atoms with E-state index < -0.39 is 17.9 Å². The van der Waals surface area contributed by atoms with E-state index in [1.165, 1.54) is 13.2 Å². The van der Waals surface area contributed by atoms with Gasteiger partial charge in [-0.05, 0) is 117 Å². The topological polar surface area (TPSA) is 154 Å². The fraction of sp³-hybridized carbons (Fsp3) is 0.386. The molecule has 70 heavy (non-hydrogen) atoms. The van der Waals surface area contributed by atoms with Crippen LogP contribution in [0.2, 0.25) is 0 Å². The Labute approximate surface area is 419 Å². The lowest BCUT2D eigenvalue weighted by Crippen LogP contribution is -2.04. The number of carbonyl (C=O) groups is 4. The molecule has 3 aromatic rings. The largest absolute Gasteiger partial charge is 0.498 e. The molecule has 0 radical (unpaired) electrons. The summed E-state index contributed by atoms with van der Waals surface area (Å²) in [6.45, 7) is 34.2. The Morgan fingerprint density at radius 3 is 1.33 bits per heavy atom. The summed E-state index contributed by atoms with van der Waals surface area (Å²) < 4.78 is 42.3. The van der Waals surface area contributed by atoms with Crippen molar-refractivity contribution in [3.63, 3.8) is 0 Å². The van der Waals surface area contributed by atoms with Gasteiger partial charge in [-0.2, -0.15) is 0 Å². The summed E-state index contributed by atoms with van der Waals surface area (Å²) in [5.74, 6) is 1.25. The van der Waals surface area contributed by atoms with Crippen molar-refractivity contribution in [2.45, 2.75) is 101 Å². The number of hydrogen-bond acceptors (Lipinski definition) is 13. The maximum atomic E-state index is 12.4. The molecule has 0 aliphatic rings. The molecule has 0 N–H and O–H groups in total. The number of allylic oxidation sites excluding steroid dienone is 3. The molecule has 0 aliphatic carbocycles. The Hall–Kier alpha value is -7.15. The number of carbonyl (C=O) groups excluding carboxylic acids is 4. The second-order valence-corrected chi connectivity index (χ2v) is 12.8. The molecule has 0 aromatic heterocycles. The van der Waals surface area contributed by atoms with Crippen molar-refractivity contribution >= 4 is 41.9 Å². The van der Waals surface area contributed by atoms with Crippen LogP contribution in [0.1, 0.15) is 112 Å². The Bertz CT molecular complexity index is 1970. The van der Waals surface area contributed by atoms with Crippen molar-refractivity contribution < 1.29 is 57.1 Å². The first-order valence-electron chi connectivity index (χ1n) is 24.0. The highest BCUT2D eigenvalue weighted by molar-refractivity contribution is 5.89. The van der Waals surface area contributed by atoms with Gasteiger partial charge in [0, 0.05) is 36.6 Å². The molecule has 0 saturated heterocycles. The summed E-state index contributed by atoms with van der Waals surface area (Å²) in [4.78, 5) is 49.6. The SMILES string of the molecule is C=C/C=C(\C)OCCCCOC(=O)C=C.C=CC(=O)OCCCCOc1ccc(C=Nc2ccc(OC(=O)/C=C/c3ccc(OCCCCOC(=O)C=C)cc3)cc2OC)cc1.CC.CC.CC.CC. The standard InChI is InChI=1S/C37H39NO9.C12H18O3.4C2H6/c1-4-35(39)45-24-8-6-22-43-30-15-10-28(11-16-30)14-21-37(41)47-32-19-20-33(34(26-32)42-3)38-27-29-12-17-31(18-13-29)44-23-7-9-25-46-36(40)5-2;1-4-8-11(3)14-9-6-7-10-15-12(13)5-2;4*1-2/h4-5,10-21,26-27H,1-2,6-9,22-25H2,3H3;4-5,8H,1-2,6-7,9-10H2,3H3;4*1-2H3/b21-14+,38-27?;11-8+;;;;. The Kier molecular flexibility index (Phi) is 46.3. The van der Waals surface area contributed by atoms with Crippen molar-refractivity contribution in [3.8, 4) is 23.0 Å². The van der Waals surface area contributed by atoms with Gasteiger partial charge in [-0.25, -0.2) is 19.2 Å². The van der Waals surface area contributed by atoms with Gasteiger partial charge >= 0.3 is 23.9 Å². The number of ether oxygens (including phenoxy) is 8. The van der Waals surface area contributed by atoms with E-state index in [2.05, 4.69) is 31.3 Å². The van der Waals surface area contributed by atoms with Crippen LogP contribution < -0.4 is 18.9 Å². The van der Waals surface area contributed by atoms with E-state index in [-0.39, 0.29) is 5.97 Å². The highest BCUT2D eigenvalue weighted by Gasteiger charge is 2.08. The zero-order chi connectivity index (χ0) is 53.2. The predicted octanol–water partition coefficient (Wildman–Crippen LogP) is 13.5. The van der Waals surface area contributed by atoms with E-state index >= 15 is 0 Å². The molecule has 13 heteroatoms. The average molecular weight is 972 g/mol. The third-order valence-electron chi connectivity index (χ3n) is 7.96. The third kappa shape index (κ3) is 36.0. The molecule has 13 nitrogen and oxygen atoms in total. The van der Waals surface area contributed by atoms with Gasteiger partial charge in [0.2, 0.25) is 0 Å². The molecule has 3 aromatic carbocycles. The number of unbranched alkanes of at least 4 members (excludes halogenated alkanes) is 3. The number of esters is 4. The number of hydrogen-bond donors (Lipinski definition) is 0. The Balaban J connectivity index is -0.00000164. The molecule has 386 valence electrons. The lowest BCUT2D eigenvalue weighted by molar-refractivity contribution is -0.138. The van der Waals surface area contributed by atoms with Crippen molar-refractivity contribution in [2.24, 2.45) is 4.99 Å². The monoisotopic (exact) mass is 972 g/mol. The van der Waals surface area contributed by atoms with E-state index in [9.17, 15) is 19.2 Å². The lowest BCUT2D eigenvalue weighted by Gasteiger charge is -2.08. The summed E-state index contributed by atoms with van der Waals surface area (Å²) in [5, 5.41) is 0. The molecule has 0 atom stereocenters. The number of benzene rings is 3. The molecular formula is C57H81NO12. The minimum absolute atomic E-state index is 0.318. The van der Waals surface area contributed by atoms with Crippen LogP contribution in [-0.2, 0) is 38.1 Å². The molecule has 0 unspecified atom stereocenters. The average Bonchev–Trinajstić information content (AvgIpc) is 3.41. The summed E-state index contributed by atoms with van der Waals surface area (Å²) in [5.41, 5.74) is 2.23. The maximum Gasteiger partial charge on any atom is 0.336 e. The van der Waals surface area contributed by atoms with Gasteiger partial charge in [0.1, 0.15) is 28.7 Å². The van der Waals surface area contributed by atoms with Crippen LogP contribution in [0.4, 0.5) is 5.69 Å². The van der Waals surface area contributed by atoms with Crippen molar-refractivity contribution in [1.82, 2.24) is 0 Å². The van der Waals surface area contributed by atoms with Crippen molar-refractivity contribution in [2.75, 3.05) is 46.8 Å². The van der Waals surface area contributed by atoms with E-state index in [1.807, 2.05) is 111 Å². The summed E-state index contributed by atoms with van der Waals surface area (Å²) >= 11 is 0. The molecule has 0 fully saturated rings. The fourth-order valence-electron chi connectivity index (χ4n) is 4.75. The first-order valence-corrected chi connectivity index (χ1v) is 24.0. The number of aliphatic imine (C=N–C) groups is 1. The molecule has 0 heterocycles. The molecule has 3 rings (SSSR count). The smallest absolute Gasteiger partial charge is 0.336 e. The van der Waals surface area contributed by atoms with Crippen LogP contribution in [0.5, 0.6) is 23.0 Å². The first kappa shape index (κ1) is 67.1. The van der Waals surface area contributed by atoms with Crippen LogP contribution in [0.3, 0.4) is 0 Å². The second kappa shape index (κ2) is 48.3. The zero-order valence-electron chi connectivity index (χ0n) is 43.6. The van der Waals surface area contributed by atoms with Crippen molar-refractivity contribution in [1.29, 1.82) is 0 Å². The fourth-order valence-corrected chi connectivity index (χ4v) is 4.75. The molecule has 0 spiro atoms. The van der Waals surface area contributed by atoms with Crippen LogP contribution in [0.15, 0.2) is 140 Å². The molecular weight excluding hydrogens is 891 g/mol. The van der Waals surface area contributed by atoms with Gasteiger partial charge in [0.05, 0.1) is 52.5 Å². The van der Waals surface area contributed by atoms with Crippen LogP contribution >= 0.6 is 0 Å². The summed E-state index contributed by atoms with van der Waals surface area (Å²) in [6.07, 6.45) is 16.1.